The number of aromatic nitrogens is 2. The van der Waals surface area contributed by atoms with Gasteiger partial charge in [-0.1, -0.05) is 12.8 Å². The van der Waals surface area contributed by atoms with E-state index in [0.29, 0.717) is 5.41 Å². The van der Waals surface area contributed by atoms with E-state index in [1.165, 1.54) is 49.9 Å². The number of likely N-dealkylation sites (tertiary alicyclic amines) is 1. The lowest BCUT2D eigenvalue weighted by atomic mass is 9.86. The van der Waals surface area contributed by atoms with E-state index in [0.717, 1.165) is 31.3 Å². The number of hydrogen-bond donors (Lipinski definition) is 1. The lowest BCUT2D eigenvalue weighted by Gasteiger charge is -2.26. The predicted octanol–water partition coefficient (Wildman–Crippen LogP) is 2.77. The number of hydrogen-bond acceptors (Lipinski definition) is 2. The van der Waals surface area contributed by atoms with Crippen molar-refractivity contribution in [3.8, 4) is 0 Å². The van der Waals surface area contributed by atoms with Crippen LogP contribution in [0.5, 0.6) is 0 Å². The molecule has 0 unspecified atom stereocenters. The summed E-state index contributed by atoms with van der Waals surface area (Å²) in [6.45, 7) is 10.3. The van der Waals surface area contributed by atoms with Crippen LogP contribution in [0.25, 0.3) is 0 Å². The highest BCUT2D eigenvalue weighted by Crippen LogP contribution is 2.45. The Kier molecular flexibility index (Phi) is 4.64. The Morgan fingerprint density at radius 3 is 2.61 bits per heavy atom. The maximum Gasteiger partial charge on any atom is 0.194 e. The van der Waals surface area contributed by atoms with Crippen LogP contribution in [-0.4, -0.2) is 40.3 Å². The first-order valence-electron chi connectivity index (χ1n) is 9.07. The number of nitrogens with one attached hydrogen (secondary N) is 1. The monoisotopic (exact) mass is 317 g/mol. The van der Waals surface area contributed by atoms with Crippen LogP contribution < -0.4 is 5.32 Å². The van der Waals surface area contributed by atoms with Crippen molar-refractivity contribution < 1.29 is 0 Å². The van der Waals surface area contributed by atoms with E-state index in [9.17, 15) is 0 Å². The van der Waals surface area contributed by atoms with Gasteiger partial charge in [0.15, 0.2) is 5.96 Å². The number of rotatable bonds is 3. The largest absolute Gasteiger partial charge is 0.357 e. The third kappa shape index (κ3) is 3.24. The fourth-order valence-electron chi connectivity index (χ4n) is 4.28. The van der Waals surface area contributed by atoms with E-state index in [4.69, 9.17) is 4.99 Å². The number of nitrogens with zero attached hydrogens (tertiary/aromatic N) is 4. The van der Waals surface area contributed by atoms with Gasteiger partial charge < -0.3 is 10.2 Å². The minimum absolute atomic E-state index is 0.580. The zero-order valence-corrected chi connectivity index (χ0v) is 15.2. The molecule has 0 radical (unpaired) electrons. The minimum atomic E-state index is 0.580. The van der Waals surface area contributed by atoms with Crippen molar-refractivity contribution in [3.63, 3.8) is 0 Å². The van der Waals surface area contributed by atoms with Gasteiger partial charge in [-0.25, -0.2) is 4.99 Å². The molecule has 2 heterocycles. The second kappa shape index (κ2) is 6.54. The molecule has 1 aliphatic carbocycles. The van der Waals surface area contributed by atoms with Crippen molar-refractivity contribution in [2.75, 3.05) is 19.6 Å². The molecule has 128 valence electrons. The Morgan fingerprint density at radius 2 is 2.00 bits per heavy atom. The van der Waals surface area contributed by atoms with Crippen LogP contribution in [0.3, 0.4) is 0 Å². The van der Waals surface area contributed by atoms with E-state index in [1.807, 2.05) is 11.7 Å². The summed E-state index contributed by atoms with van der Waals surface area (Å²) < 4.78 is 1.95. The highest BCUT2D eigenvalue weighted by atomic mass is 15.3. The van der Waals surface area contributed by atoms with E-state index in [1.54, 1.807) is 0 Å². The molecular weight excluding hydrogens is 286 g/mol. The second-order valence-electron chi connectivity index (χ2n) is 7.32. The molecule has 0 atom stereocenters. The van der Waals surface area contributed by atoms with Gasteiger partial charge in [0.1, 0.15) is 0 Å². The molecule has 1 aromatic rings. The minimum Gasteiger partial charge on any atom is -0.357 e. The van der Waals surface area contributed by atoms with Gasteiger partial charge in [0.05, 0.1) is 12.2 Å². The maximum atomic E-state index is 4.93. The van der Waals surface area contributed by atoms with E-state index >= 15 is 0 Å². The van der Waals surface area contributed by atoms with Gasteiger partial charge in [0, 0.05) is 37.9 Å². The van der Waals surface area contributed by atoms with Gasteiger partial charge in [-0.2, -0.15) is 5.10 Å². The summed E-state index contributed by atoms with van der Waals surface area (Å²) in [6, 6.07) is 0. The van der Waals surface area contributed by atoms with Gasteiger partial charge >= 0.3 is 0 Å². The summed E-state index contributed by atoms with van der Waals surface area (Å²) >= 11 is 0. The quantitative estimate of drug-likeness (QED) is 0.689. The highest BCUT2D eigenvalue weighted by Gasteiger charge is 2.41. The van der Waals surface area contributed by atoms with Gasteiger partial charge in [-0.3, -0.25) is 4.68 Å². The first-order valence-corrected chi connectivity index (χ1v) is 9.07. The molecule has 3 rings (SSSR count). The van der Waals surface area contributed by atoms with Crippen LogP contribution in [0, 0.1) is 19.3 Å². The molecule has 1 aromatic heterocycles. The predicted molar refractivity (Wildman–Crippen MR) is 94.6 cm³/mol. The van der Waals surface area contributed by atoms with Crippen molar-refractivity contribution in [3.05, 3.63) is 17.0 Å². The molecule has 2 aliphatic rings. The molecule has 2 fully saturated rings. The number of aryl methyl sites for hydroxylation is 2. The van der Waals surface area contributed by atoms with Crippen LogP contribution in [0.1, 0.15) is 56.0 Å². The van der Waals surface area contributed by atoms with Crippen molar-refractivity contribution in [2.24, 2.45) is 17.5 Å². The van der Waals surface area contributed by atoms with Crippen LogP contribution in [0.15, 0.2) is 4.99 Å². The van der Waals surface area contributed by atoms with Gasteiger partial charge in [0.25, 0.3) is 0 Å². The van der Waals surface area contributed by atoms with Crippen LogP contribution in [0.4, 0.5) is 0 Å². The molecule has 5 heteroatoms. The van der Waals surface area contributed by atoms with Crippen LogP contribution >= 0.6 is 0 Å². The van der Waals surface area contributed by atoms with E-state index < -0.39 is 0 Å². The Bertz CT molecular complexity index is 580. The van der Waals surface area contributed by atoms with Gasteiger partial charge in [-0.05, 0) is 45.4 Å². The molecule has 1 aliphatic heterocycles. The van der Waals surface area contributed by atoms with Gasteiger partial charge in [0.2, 0.25) is 0 Å². The highest BCUT2D eigenvalue weighted by molar-refractivity contribution is 5.80. The first kappa shape index (κ1) is 16.3. The molecule has 1 saturated carbocycles. The molecule has 5 nitrogen and oxygen atoms in total. The molecule has 0 bridgehead atoms. The standard InChI is InChI=1S/C18H31N5/c1-5-19-17(20-12-16-14(2)21-22(4)15(16)3)23-11-10-18(13-23)8-6-7-9-18/h5-13H2,1-4H3,(H,19,20). The second-order valence-corrected chi connectivity index (χ2v) is 7.32. The number of guanidine groups is 1. The lowest BCUT2D eigenvalue weighted by Crippen LogP contribution is -2.41. The molecule has 1 N–H and O–H groups in total. The first-order chi connectivity index (χ1) is 11.0. The van der Waals surface area contributed by atoms with Crippen molar-refractivity contribution in [1.82, 2.24) is 20.0 Å². The summed E-state index contributed by atoms with van der Waals surface area (Å²) in [5, 5.41) is 8.00. The Balaban J connectivity index is 1.73. The summed E-state index contributed by atoms with van der Waals surface area (Å²) in [4.78, 5) is 7.42. The third-order valence-corrected chi connectivity index (χ3v) is 5.78. The zero-order valence-electron chi connectivity index (χ0n) is 15.2. The normalized spacial score (nSPS) is 20.7. The Hall–Kier alpha value is -1.52. The smallest absolute Gasteiger partial charge is 0.194 e. The van der Waals surface area contributed by atoms with E-state index in [2.05, 4.69) is 36.1 Å². The fraction of sp³-hybridized carbons (Fsp3) is 0.778. The molecule has 0 amide bonds. The SMILES string of the molecule is CCNC(=NCc1c(C)nn(C)c1C)N1CCC2(CCCC2)C1. The summed E-state index contributed by atoms with van der Waals surface area (Å²) in [5.74, 6) is 1.08. The maximum absolute atomic E-state index is 4.93. The lowest BCUT2D eigenvalue weighted by molar-refractivity contribution is 0.309. The molecular formula is C18H31N5. The van der Waals surface area contributed by atoms with Gasteiger partial charge in [-0.15, -0.1) is 0 Å². The van der Waals surface area contributed by atoms with Crippen molar-refractivity contribution in [2.45, 2.75) is 59.4 Å². The third-order valence-electron chi connectivity index (χ3n) is 5.78. The number of aliphatic imine (C=N–C) groups is 1. The Labute approximate surface area is 140 Å². The van der Waals surface area contributed by atoms with Crippen LogP contribution in [-0.2, 0) is 13.6 Å². The van der Waals surface area contributed by atoms with Crippen molar-refractivity contribution in [1.29, 1.82) is 0 Å². The zero-order chi connectivity index (χ0) is 16.4. The molecule has 23 heavy (non-hydrogen) atoms. The van der Waals surface area contributed by atoms with Crippen LogP contribution in [0.2, 0.25) is 0 Å². The average Bonchev–Trinajstić information content (AvgIpc) is 3.21. The molecule has 0 aromatic carbocycles. The topological polar surface area (TPSA) is 45.5 Å². The fourth-order valence-corrected chi connectivity index (χ4v) is 4.28. The molecule has 1 spiro atoms. The van der Waals surface area contributed by atoms with E-state index in [-0.39, 0.29) is 0 Å². The summed E-state index contributed by atoms with van der Waals surface area (Å²) in [7, 11) is 2.01. The summed E-state index contributed by atoms with van der Waals surface area (Å²) in [6.07, 6.45) is 6.97. The average molecular weight is 317 g/mol. The molecule has 1 saturated heterocycles. The Morgan fingerprint density at radius 1 is 1.26 bits per heavy atom. The van der Waals surface area contributed by atoms with Crippen molar-refractivity contribution >= 4 is 5.96 Å². The summed E-state index contributed by atoms with van der Waals surface area (Å²) in [5.41, 5.74) is 4.16.